The van der Waals surface area contributed by atoms with Gasteiger partial charge in [0.1, 0.15) is 5.75 Å². The molecule has 0 unspecified atom stereocenters. The molecule has 5 nitrogen and oxygen atoms in total. The van der Waals surface area contributed by atoms with E-state index in [-0.39, 0.29) is 35.3 Å². The SMILES string of the molecule is CN=C(NCCNC(C)(C)C)NCc1ccc(OCC(F)(F)F)cc1.I. The van der Waals surface area contributed by atoms with Crippen molar-refractivity contribution in [3.05, 3.63) is 29.8 Å². The van der Waals surface area contributed by atoms with Crippen molar-refractivity contribution in [1.29, 1.82) is 0 Å². The molecule has 1 aromatic carbocycles. The molecule has 0 bridgehead atoms. The third-order valence-electron chi connectivity index (χ3n) is 3.08. The summed E-state index contributed by atoms with van der Waals surface area (Å²) in [7, 11) is 1.68. The van der Waals surface area contributed by atoms with Crippen molar-refractivity contribution in [2.24, 2.45) is 4.99 Å². The van der Waals surface area contributed by atoms with Gasteiger partial charge in [0.25, 0.3) is 0 Å². The molecule has 0 radical (unpaired) electrons. The molecule has 1 aromatic rings. The van der Waals surface area contributed by atoms with Gasteiger partial charge in [-0.05, 0) is 38.5 Å². The molecule has 1 rings (SSSR count). The van der Waals surface area contributed by atoms with Gasteiger partial charge in [0.2, 0.25) is 0 Å². The van der Waals surface area contributed by atoms with Crippen LogP contribution in [-0.2, 0) is 6.54 Å². The number of aliphatic imine (C=N–C) groups is 1. The third kappa shape index (κ3) is 12.2. The molecule has 0 saturated carbocycles. The van der Waals surface area contributed by atoms with Gasteiger partial charge in [-0.25, -0.2) is 0 Å². The number of nitrogens with zero attached hydrogens (tertiary/aromatic N) is 1. The number of rotatable bonds is 7. The molecule has 0 fully saturated rings. The molecule has 0 aromatic heterocycles. The van der Waals surface area contributed by atoms with Gasteiger partial charge >= 0.3 is 6.18 Å². The van der Waals surface area contributed by atoms with Crippen LogP contribution in [-0.4, -0.2) is 44.4 Å². The topological polar surface area (TPSA) is 57.7 Å². The Hall–Kier alpha value is -1.23. The lowest BCUT2D eigenvalue weighted by Gasteiger charge is -2.21. The van der Waals surface area contributed by atoms with Gasteiger partial charge in [-0.3, -0.25) is 4.99 Å². The zero-order valence-corrected chi connectivity index (χ0v) is 17.9. The van der Waals surface area contributed by atoms with E-state index in [1.807, 2.05) is 0 Å². The van der Waals surface area contributed by atoms with Crippen LogP contribution in [0, 0.1) is 0 Å². The fraction of sp³-hybridized carbons (Fsp3) is 0.588. The van der Waals surface area contributed by atoms with E-state index in [0.29, 0.717) is 12.5 Å². The zero-order chi connectivity index (χ0) is 18.9. The summed E-state index contributed by atoms with van der Waals surface area (Å²) in [5.74, 6) is 0.852. The second kappa shape index (κ2) is 11.5. The Balaban J connectivity index is 0.00000625. The quantitative estimate of drug-likeness (QED) is 0.239. The van der Waals surface area contributed by atoms with Crippen molar-refractivity contribution in [3.8, 4) is 5.75 Å². The lowest BCUT2D eigenvalue weighted by molar-refractivity contribution is -0.153. The summed E-state index contributed by atoms with van der Waals surface area (Å²) in [4.78, 5) is 4.13. The van der Waals surface area contributed by atoms with E-state index >= 15 is 0 Å². The molecule has 0 heterocycles. The minimum absolute atomic E-state index is 0. The van der Waals surface area contributed by atoms with Crippen LogP contribution in [0.1, 0.15) is 26.3 Å². The Morgan fingerprint density at radius 2 is 1.65 bits per heavy atom. The van der Waals surface area contributed by atoms with Crippen molar-refractivity contribution in [2.75, 3.05) is 26.7 Å². The second-order valence-electron chi connectivity index (χ2n) is 6.58. The molecule has 150 valence electrons. The van der Waals surface area contributed by atoms with Crippen molar-refractivity contribution < 1.29 is 17.9 Å². The monoisotopic (exact) mass is 488 g/mol. The third-order valence-corrected chi connectivity index (χ3v) is 3.08. The first kappa shape index (κ1) is 24.8. The van der Waals surface area contributed by atoms with Crippen LogP contribution < -0.4 is 20.7 Å². The summed E-state index contributed by atoms with van der Waals surface area (Å²) >= 11 is 0. The Morgan fingerprint density at radius 1 is 1.04 bits per heavy atom. The molecule has 26 heavy (non-hydrogen) atoms. The number of alkyl halides is 3. The summed E-state index contributed by atoms with van der Waals surface area (Å²) in [6, 6.07) is 6.47. The average molecular weight is 488 g/mol. The number of halogens is 4. The van der Waals surface area contributed by atoms with E-state index in [0.717, 1.165) is 18.7 Å². The van der Waals surface area contributed by atoms with Gasteiger partial charge in [-0.15, -0.1) is 24.0 Å². The molecule has 0 aliphatic carbocycles. The van der Waals surface area contributed by atoms with Crippen molar-refractivity contribution in [2.45, 2.75) is 39.0 Å². The van der Waals surface area contributed by atoms with Crippen molar-refractivity contribution in [1.82, 2.24) is 16.0 Å². The zero-order valence-electron chi connectivity index (χ0n) is 15.5. The fourth-order valence-electron chi connectivity index (χ4n) is 1.89. The first-order chi connectivity index (χ1) is 11.6. The van der Waals surface area contributed by atoms with Crippen LogP contribution in [0.25, 0.3) is 0 Å². The first-order valence-electron chi connectivity index (χ1n) is 8.07. The molecular formula is C17H28F3IN4O. The largest absolute Gasteiger partial charge is 0.484 e. The van der Waals surface area contributed by atoms with Gasteiger partial charge < -0.3 is 20.7 Å². The summed E-state index contributed by atoms with van der Waals surface area (Å²) in [5.41, 5.74) is 0.976. The maximum atomic E-state index is 12.1. The fourth-order valence-corrected chi connectivity index (χ4v) is 1.89. The molecule has 0 atom stereocenters. The van der Waals surface area contributed by atoms with Crippen LogP contribution in [0.5, 0.6) is 5.75 Å². The predicted octanol–water partition coefficient (Wildman–Crippen LogP) is 3.30. The van der Waals surface area contributed by atoms with Crippen LogP contribution >= 0.6 is 24.0 Å². The standard InChI is InChI=1S/C17H27F3N4O.HI/c1-16(2,3)24-10-9-22-15(21-4)23-11-13-5-7-14(8-6-13)25-12-17(18,19)20;/h5-8,24H,9-12H2,1-4H3,(H2,21,22,23);1H. The van der Waals surface area contributed by atoms with Crippen LogP contribution in [0.2, 0.25) is 0 Å². The van der Waals surface area contributed by atoms with Gasteiger partial charge in [0, 0.05) is 32.2 Å². The van der Waals surface area contributed by atoms with Gasteiger partial charge in [0.15, 0.2) is 12.6 Å². The van der Waals surface area contributed by atoms with E-state index in [2.05, 4.69) is 46.5 Å². The van der Waals surface area contributed by atoms with Crippen LogP contribution in [0.4, 0.5) is 13.2 Å². The summed E-state index contributed by atoms with van der Waals surface area (Å²) in [6.45, 7) is 7.04. The lowest BCUT2D eigenvalue weighted by atomic mass is 10.1. The maximum absolute atomic E-state index is 12.1. The number of guanidine groups is 1. The minimum atomic E-state index is -4.33. The van der Waals surface area contributed by atoms with Gasteiger partial charge in [0.05, 0.1) is 0 Å². The molecule has 9 heteroatoms. The van der Waals surface area contributed by atoms with E-state index in [1.54, 1.807) is 19.2 Å². The first-order valence-corrected chi connectivity index (χ1v) is 8.07. The highest BCUT2D eigenvalue weighted by Crippen LogP contribution is 2.18. The molecule has 0 spiro atoms. The number of ether oxygens (including phenoxy) is 1. The summed E-state index contributed by atoms with van der Waals surface area (Å²) < 4.78 is 41.0. The van der Waals surface area contributed by atoms with Crippen LogP contribution in [0.3, 0.4) is 0 Å². The normalized spacial score (nSPS) is 12.3. The smallest absolute Gasteiger partial charge is 0.422 e. The van der Waals surface area contributed by atoms with E-state index in [9.17, 15) is 13.2 Å². The molecular weight excluding hydrogens is 460 g/mol. The van der Waals surface area contributed by atoms with Gasteiger partial charge in [-0.2, -0.15) is 13.2 Å². The Morgan fingerprint density at radius 3 is 2.15 bits per heavy atom. The van der Waals surface area contributed by atoms with Crippen LogP contribution in [0.15, 0.2) is 29.3 Å². The Labute approximate surface area is 170 Å². The molecule has 0 aliphatic heterocycles. The number of nitrogens with one attached hydrogen (secondary N) is 3. The van der Waals surface area contributed by atoms with E-state index in [1.165, 1.54) is 12.1 Å². The Bertz CT molecular complexity index is 542. The molecule has 0 amide bonds. The van der Waals surface area contributed by atoms with E-state index < -0.39 is 12.8 Å². The maximum Gasteiger partial charge on any atom is 0.422 e. The Kier molecular flexibility index (Phi) is 10.9. The number of benzene rings is 1. The van der Waals surface area contributed by atoms with E-state index in [4.69, 9.17) is 0 Å². The lowest BCUT2D eigenvalue weighted by Crippen LogP contribution is -2.44. The highest BCUT2D eigenvalue weighted by atomic mass is 127. The molecule has 0 aliphatic rings. The minimum Gasteiger partial charge on any atom is -0.484 e. The highest BCUT2D eigenvalue weighted by molar-refractivity contribution is 14.0. The van der Waals surface area contributed by atoms with Gasteiger partial charge in [-0.1, -0.05) is 12.1 Å². The number of hydrogen-bond acceptors (Lipinski definition) is 3. The molecule has 3 N–H and O–H groups in total. The summed E-state index contributed by atoms with van der Waals surface area (Å²) in [5, 5.41) is 9.70. The highest BCUT2D eigenvalue weighted by Gasteiger charge is 2.28. The second-order valence-corrected chi connectivity index (χ2v) is 6.58. The average Bonchev–Trinajstić information content (AvgIpc) is 2.51. The van der Waals surface area contributed by atoms with Crippen molar-refractivity contribution >= 4 is 29.9 Å². The summed E-state index contributed by atoms with van der Waals surface area (Å²) in [6.07, 6.45) is -4.33. The number of hydrogen-bond donors (Lipinski definition) is 3. The van der Waals surface area contributed by atoms with Crippen molar-refractivity contribution in [3.63, 3.8) is 0 Å². The molecule has 0 saturated heterocycles. The predicted molar refractivity (Wildman–Crippen MR) is 109 cm³/mol.